The minimum absolute atomic E-state index is 0.0322. The van der Waals surface area contributed by atoms with Crippen LogP contribution in [0.25, 0.3) is 0 Å². The van der Waals surface area contributed by atoms with E-state index in [1.807, 2.05) is 20.8 Å². The summed E-state index contributed by atoms with van der Waals surface area (Å²) in [5, 5.41) is 9.16. The zero-order valence-corrected chi connectivity index (χ0v) is 11.7. The van der Waals surface area contributed by atoms with Crippen molar-refractivity contribution in [2.45, 2.75) is 27.2 Å². The Hall–Kier alpha value is -2.04. The molecule has 1 rings (SSSR count). The Morgan fingerprint density at radius 1 is 1.32 bits per heavy atom. The predicted octanol–water partition coefficient (Wildman–Crippen LogP) is 2.37. The van der Waals surface area contributed by atoms with Crippen molar-refractivity contribution < 1.29 is 14.7 Å². The van der Waals surface area contributed by atoms with Crippen molar-refractivity contribution in [1.29, 1.82) is 0 Å². The normalized spacial score (nSPS) is 11.2. The van der Waals surface area contributed by atoms with Crippen molar-refractivity contribution in [3.8, 4) is 0 Å². The van der Waals surface area contributed by atoms with Gasteiger partial charge in [0.25, 0.3) is 0 Å². The second-order valence-electron chi connectivity index (χ2n) is 5.77. The highest BCUT2D eigenvalue weighted by molar-refractivity contribution is 6.02. The number of hydrogen-bond acceptors (Lipinski definition) is 3. The summed E-state index contributed by atoms with van der Waals surface area (Å²) in [6.45, 7) is 5.87. The van der Waals surface area contributed by atoms with Crippen LogP contribution in [0.5, 0.6) is 0 Å². The van der Waals surface area contributed by atoms with Gasteiger partial charge in [-0.15, -0.1) is 0 Å². The molecule has 0 radical (unpaired) electrons. The molecule has 104 valence electrons. The Morgan fingerprint density at radius 3 is 2.37 bits per heavy atom. The number of amides is 1. The number of nitrogen functional groups attached to an aromatic ring is 1. The Balaban J connectivity index is 3.09. The summed E-state index contributed by atoms with van der Waals surface area (Å²) in [4.78, 5) is 24.7. The zero-order chi connectivity index (χ0) is 14.8. The SMILES string of the molecule is CN(C(=O)CC(C)(C)C)c1ccc(N)cc1C(=O)O. The number of benzene rings is 1. The highest BCUT2D eigenvalue weighted by Crippen LogP contribution is 2.26. The topological polar surface area (TPSA) is 83.6 Å². The summed E-state index contributed by atoms with van der Waals surface area (Å²) in [6, 6.07) is 4.50. The second-order valence-corrected chi connectivity index (χ2v) is 5.77. The Bertz CT molecular complexity index is 504. The fraction of sp³-hybridized carbons (Fsp3) is 0.429. The van der Waals surface area contributed by atoms with Crippen LogP contribution in [-0.2, 0) is 4.79 Å². The molecule has 0 heterocycles. The molecule has 0 aliphatic heterocycles. The van der Waals surface area contributed by atoms with Crippen molar-refractivity contribution in [2.75, 3.05) is 17.7 Å². The second kappa shape index (κ2) is 5.30. The third-order valence-electron chi connectivity index (χ3n) is 2.67. The number of anilines is 2. The van der Waals surface area contributed by atoms with Crippen molar-refractivity contribution in [2.24, 2.45) is 5.41 Å². The molecule has 5 nitrogen and oxygen atoms in total. The molecule has 0 unspecified atom stereocenters. The van der Waals surface area contributed by atoms with E-state index in [-0.39, 0.29) is 16.9 Å². The molecule has 1 amide bonds. The van der Waals surface area contributed by atoms with E-state index in [0.29, 0.717) is 17.8 Å². The largest absolute Gasteiger partial charge is 0.478 e. The highest BCUT2D eigenvalue weighted by atomic mass is 16.4. The van der Waals surface area contributed by atoms with Crippen molar-refractivity contribution >= 4 is 23.3 Å². The van der Waals surface area contributed by atoms with Gasteiger partial charge in [-0.05, 0) is 23.6 Å². The molecular formula is C14H20N2O3. The number of carboxylic acids is 1. The van der Waals surface area contributed by atoms with Crippen LogP contribution < -0.4 is 10.6 Å². The van der Waals surface area contributed by atoms with Crippen LogP contribution in [0.15, 0.2) is 18.2 Å². The van der Waals surface area contributed by atoms with Gasteiger partial charge in [0.2, 0.25) is 5.91 Å². The number of carbonyl (C=O) groups is 2. The van der Waals surface area contributed by atoms with E-state index in [9.17, 15) is 9.59 Å². The van der Waals surface area contributed by atoms with Gasteiger partial charge in [0.1, 0.15) is 0 Å². The van der Waals surface area contributed by atoms with Crippen molar-refractivity contribution in [3.63, 3.8) is 0 Å². The zero-order valence-electron chi connectivity index (χ0n) is 11.7. The smallest absolute Gasteiger partial charge is 0.337 e. The minimum atomic E-state index is -1.10. The van der Waals surface area contributed by atoms with Gasteiger partial charge in [-0.1, -0.05) is 20.8 Å². The van der Waals surface area contributed by atoms with Gasteiger partial charge in [0, 0.05) is 19.2 Å². The fourth-order valence-electron chi connectivity index (χ4n) is 1.72. The van der Waals surface area contributed by atoms with E-state index in [1.165, 1.54) is 11.0 Å². The molecule has 3 N–H and O–H groups in total. The first-order valence-corrected chi connectivity index (χ1v) is 6.01. The molecule has 1 aromatic rings. The number of hydrogen-bond donors (Lipinski definition) is 2. The first-order chi connectivity index (χ1) is 8.61. The summed E-state index contributed by atoms with van der Waals surface area (Å²) < 4.78 is 0. The highest BCUT2D eigenvalue weighted by Gasteiger charge is 2.23. The average Bonchev–Trinajstić information content (AvgIpc) is 2.25. The molecule has 0 atom stereocenters. The first kappa shape index (κ1) is 15.0. The van der Waals surface area contributed by atoms with Gasteiger partial charge in [-0.25, -0.2) is 4.79 Å². The van der Waals surface area contributed by atoms with E-state index in [0.717, 1.165) is 0 Å². The van der Waals surface area contributed by atoms with Gasteiger partial charge < -0.3 is 15.7 Å². The molecule has 0 spiro atoms. The number of aromatic carboxylic acids is 1. The lowest BCUT2D eigenvalue weighted by Crippen LogP contribution is -2.31. The average molecular weight is 264 g/mol. The summed E-state index contributed by atoms with van der Waals surface area (Å²) >= 11 is 0. The molecule has 0 aliphatic rings. The Kier molecular flexibility index (Phi) is 4.19. The fourth-order valence-corrected chi connectivity index (χ4v) is 1.72. The quantitative estimate of drug-likeness (QED) is 0.821. The lowest BCUT2D eigenvalue weighted by molar-refractivity contribution is -0.120. The number of nitrogens with two attached hydrogens (primary N) is 1. The van der Waals surface area contributed by atoms with E-state index in [2.05, 4.69) is 0 Å². The summed E-state index contributed by atoms with van der Waals surface area (Å²) in [5.74, 6) is -1.22. The molecular weight excluding hydrogens is 244 g/mol. The van der Waals surface area contributed by atoms with E-state index >= 15 is 0 Å². The molecule has 0 saturated carbocycles. The molecule has 0 fully saturated rings. The maximum Gasteiger partial charge on any atom is 0.337 e. The van der Waals surface area contributed by atoms with Gasteiger partial charge in [-0.2, -0.15) is 0 Å². The van der Waals surface area contributed by atoms with Crippen LogP contribution in [-0.4, -0.2) is 24.0 Å². The Labute approximate surface area is 113 Å². The van der Waals surface area contributed by atoms with E-state index < -0.39 is 5.97 Å². The lowest BCUT2D eigenvalue weighted by atomic mass is 9.91. The number of rotatable bonds is 3. The summed E-state index contributed by atoms with van der Waals surface area (Å²) in [6.07, 6.45) is 0.340. The van der Waals surface area contributed by atoms with Crippen LogP contribution in [0.3, 0.4) is 0 Å². The van der Waals surface area contributed by atoms with Crippen molar-refractivity contribution in [1.82, 2.24) is 0 Å². The first-order valence-electron chi connectivity index (χ1n) is 6.01. The monoisotopic (exact) mass is 264 g/mol. The van der Waals surface area contributed by atoms with E-state index in [1.54, 1.807) is 19.2 Å². The molecule has 19 heavy (non-hydrogen) atoms. The standard InChI is InChI=1S/C14H20N2O3/c1-14(2,3)8-12(17)16(4)11-6-5-9(15)7-10(11)13(18)19/h5-7H,8,15H2,1-4H3,(H,18,19). The Morgan fingerprint density at radius 2 is 1.89 bits per heavy atom. The maximum atomic E-state index is 12.1. The molecule has 0 bridgehead atoms. The molecule has 1 aromatic carbocycles. The van der Waals surface area contributed by atoms with Crippen LogP contribution in [0, 0.1) is 5.41 Å². The van der Waals surface area contributed by atoms with Crippen LogP contribution in [0.2, 0.25) is 0 Å². The molecule has 0 aliphatic carbocycles. The van der Waals surface area contributed by atoms with Crippen LogP contribution in [0.1, 0.15) is 37.6 Å². The number of carbonyl (C=O) groups excluding carboxylic acids is 1. The third kappa shape index (κ3) is 3.98. The van der Waals surface area contributed by atoms with Crippen LogP contribution >= 0.6 is 0 Å². The molecule has 5 heteroatoms. The van der Waals surface area contributed by atoms with Gasteiger partial charge >= 0.3 is 5.97 Å². The predicted molar refractivity (Wildman–Crippen MR) is 75.3 cm³/mol. The van der Waals surface area contributed by atoms with Crippen LogP contribution in [0.4, 0.5) is 11.4 Å². The summed E-state index contributed by atoms with van der Waals surface area (Å²) in [5.41, 5.74) is 6.17. The van der Waals surface area contributed by atoms with Crippen molar-refractivity contribution in [3.05, 3.63) is 23.8 Å². The van der Waals surface area contributed by atoms with E-state index in [4.69, 9.17) is 10.8 Å². The van der Waals surface area contributed by atoms with Gasteiger partial charge in [0.15, 0.2) is 0 Å². The minimum Gasteiger partial charge on any atom is -0.478 e. The van der Waals surface area contributed by atoms with Gasteiger partial charge in [-0.3, -0.25) is 4.79 Å². The maximum absolute atomic E-state index is 12.1. The molecule has 0 saturated heterocycles. The number of nitrogens with zero attached hydrogens (tertiary/aromatic N) is 1. The third-order valence-corrected chi connectivity index (χ3v) is 2.67. The van der Waals surface area contributed by atoms with Gasteiger partial charge in [0.05, 0.1) is 11.3 Å². The molecule has 0 aromatic heterocycles. The summed E-state index contributed by atoms with van der Waals surface area (Å²) in [7, 11) is 1.58. The lowest BCUT2D eigenvalue weighted by Gasteiger charge is -2.24. The number of carboxylic acid groups (broad SMARTS) is 1.